The highest BCUT2D eigenvalue weighted by atomic mass is 32.1. The molecule has 0 aliphatic carbocycles. The number of rotatable bonds is 8. The van der Waals surface area contributed by atoms with E-state index < -0.39 is 0 Å². The van der Waals surface area contributed by atoms with E-state index in [9.17, 15) is 4.79 Å². The van der Waals surface area contributed by atoms with Crippen molar-refractivity contribution in [1.29, 1.82) is 0 Å². The molecule has 5 heteroatoms. The molecule has 40 heavy (non-hydrogen) atoms. The Morgan fingerprint density at radius 1 is 0.625 bits per heavy atom. The fourth-order valence-corrected chi connectivity index (χ4v) is 6.09. The Bertz CT molecular complexity index is 1750. The summed E-state index contributed by atoms with van der Waals surface area (Å²) in [4.78, 5) is 19.5. The van der Waals surface area contributed by atoms with Gasteiger partial charge in [0.1, 0.15) is 5.58 Å². The van der Waals surface area contributed by atoms with E-state index in [1.54, 1.807) is 11.3 Å². The third-order valence-electron chi connectivity index (χ3n) is 7.16. The number of anilines is 4. The van der Waals surface area contributed by atoms with Gasteiger partial charge in [-0.15, -0.1) is 11.3 Å². The minimum Gasteiger partial charge on any atom is -0.422 e. The van der Waals surface area contributed by atoms with Crippen LogP contribution in [-0.4, -0.2) is 13.1 Å². The summed E-state index contributed by atoms with van der Waals surface area (Å²) < 4.78 is 5.79. The minimum atomic E-state index is -0.311. The van der Waals surface area contributed by atoms with Crippen LogP contribution in [0.1, 0.15) is 13.8 Å². The van der Waals surface area contributed by atoms with Gasteiger partial charge in [0.25, 0.3) is 0 Å². The molecule has 0 spiro atoms. The van der Waals surface area contributed by atoms with Crippen LogP contribution in [0.15, 0.2) is 131 Å². The zero-order valence-electron chi connectivity index (χ0n) is 22.6. The van der Waals surface area contributed by atoms with Gasteiger partial charge in [-0.3, -0.25) is 0 Å². The normalized spacial score (nSPS) is 11.1. The number of hydrogen-bond donors (Lipinski definition) is 0. The van der Waals surface area contributed by atoms with E-state index in [4.69, 9.17) is 4.42 Å². The third kappa shape index (κ3) is 5.04. The molecular weight excluding hydrogens is 512 g/mol. The molecule has 0 fully saturated rings. The lowest BCUT2D eigenvalue weighted by molar-refractivity contribution is 0.563. The Morgan fingerprint density at radius 2 is 1.20 bits per heavy atom. The molecule has 0 radical (unpaired) electrons. The van der Waals surface area contributed by atoms with Crippen molar-refractivity contribution in [2.75, 3.05) is 22.9 Å². The molecule has 0 atom stereocenters. The van der Waals surface area contributed by atoms with Crippen molar-refractivity contribution in [3.63, 3.8) is 0 Å². The van der Waals surface area contributed by atoms with Gasteiger partial charge in [-0.1, -0.05) is 48.5 Å². The maximum atomic E-state index is 13.0. The lowest BCUT2D eigenvalue weighted by Gasteiger charge is -2.25. The Balaban J connectivity index is 1.30. The quantitative estimate of drug-likeness (QED) is 0.180. The van der Waals surface area contributed by atoms with Gasteiger partial charge in [0, 0.05) is 57.0 Å². The van der Waals surface area contributed by atoms with Crippen LogP contribution in [0.2, 0.25) is 0 Å². The molecule has 0 saturated carbocycles. The summed E-state index contributed by atoms with van der Waals surface area (Å²) in [6, 6.07) is 41.5. The van der Waals surface area contributed by atoms with Gasteiger partial charge in [-0.05, 0) is 86.1 Å². The van der Waals surface area contributed by atoms with E-state index in [0.29, 0.717) is 11.1 Å². The summed E-state index contributed by atoms with van der Waals surface area (Å²) >= 11 is 1.60. The fraction of sp³-hybridized carbons (Fsp3) is 0.114. The van der Waals surface area contributed by atoms with E-state index >= 15 is 0 Å². The van der Waals surface area contributed by atoms with Gasteiger partial charge in [0.05, 0.1) is 5.56 Å². The summed E-state index contributed by atoms with van der Waals surface area (Å²) in [6.07, 6.45) is 0. The SMILES string of the molecule is CCN(CC)c1ccc2cc(-c3ccc(-c4ccc(N(c5ccccc5)c5ccccc5)cc4)s3)c(=O)oc2c1. The molecule has 0 bridgehead atoms. The summed E-state index contributed by atoms with van der Waals surface area (Å²) in [7, 11) is 0. The largest absolute Gasteiger partial charge is 0.422 e. The van der Waals surface area contributed by atoms with Crippen LogP contribution >= 0.6 is 11.3 Å². The summed E-state index contributed by atoms with van der Waals surface area (Å²) in [5, 5.41) is 0.923. The smallest absolute Gasteiger partial charge is 0.345 e. The molecule has 0 aliphatic rings. The second-order valence-electron chi connectivity index (χ2n) is 9.56. The predicted octanol–water partition coefficient (Wildman–Crippen LogP) is 9.50. The van der Waals surface area contributed by atoms with Gasteiger partial charge < -0.3 is 14.2 Å². The molecule has 2 aromatic heterocycles. The molecule has 4 nitrogen and oxygen atoms in total. The molecule has 0 N–H and O–H groups in total. The lowest BCUT2D eigenvalue weighted by atomic mass is 10.1. The number of thiophene rings is 1. The van der Waals surface area contributed by atoms with Gasteiger partial charge >= 0.3 is 5.63 Å². The van der Waals surface area contributed by atoms with Crippen LogP contribution in [-0.2, 0) is 0 Å². The van der Waals surface area contributed by atoms with Crippen LogP contribution < -0.4 is 15.4 Å². The second-order valence-corrected chi connectivity index (χ2v) is 10.6. The Kier molecular flexibility index (Phi) is 7.21. The van der Waals surface area contributed by atoms with E-state index in [0.717, 1.165) is 56.5 Å². The van der Waals surface area contributed by atoms with Crippen molar-refractivity contribution in [2.24, 2.45) is 0 Å². The maximum Gasteiger partial charge on any atom is 0.345 e. The first-order valence-electron chi connectivity index (χ1n) is 13.6. The van der Waals surface area contributed by atoms with Gasteiger partial charge in [0.2, 0.25) is 0 Å². The second kappa shape index (κ2) is 11.2. The van der Waals surface area contributed by atoms with Crippen LogP contribution in [0.3, 0.4) is 0 Å². The Morgan fingerprint density at radius 3 is 1.82 bits per heavy atom. The first kappa shape index (κ1) is 25.7. The minimum absolute atomic E-state index is 0.311. The zero-order valence-corrected chi connectivity index (χ0v) is 23.4. The first-order valence-corrected chi connectivity index (χ1v) is 14.4. The maximum absolute atomic E-state index is 13.0. The molecule has 2 heterocycles. The predicted molar refractivity (Wildman–Crippen MR) is 169 cm³/mol. The highest BCUT2D eigenvalue weighted by Crippen LogP contribution is 2.38. The van der Waals surface area contributed by atoms with Crippen molar-refractivity contribution in [3.05, 3.63) is 132 Å². The first-order chi connectivity index (χ1) is 19.6. The Labute approximate surface area is 238 Å². The molecule has 4 aromatic carbocycles. The van der Waals surface area contributed by atoms with E-state index in [1.807, 2.05) is 36.4 Å². The number of para-hydroxylation sites is 2. The van der Waals surface area contributed by atoms with Gasteiger partial charge in [-0.2, -0.15) is 0 Å². The topological polar surface area (TPSA) is 36.7 Å². The molecular formula is C35H30N2O2S. The highest BCUT2D eigenvalue weighted by molar-refractivity contribution is 7.18. The molecule has 0 amide bonds. The van der Waals surface area contributed by atoms with Crippen molar-refractivity contribution in [3.8, 4) is 20.9 Å². The van der Waals surface area contributed by atoms with E-state index in [-0.39, 0.29) is 5.63 Å². The fourth-order valence-electron chi connectivity index (χ4n) is 5.07. The summed E-state index contributed by atoms with van der Waals surface area (Å²) in [6.45, 7) is 6.05. The molecule has 6 aromatic rings. The summed E-state index contributed by atoms with van der Waals surface area (Å²) in [5.74, 6) is 0. The molecule has 6 rings (SSSR count). The molecule has 0 saturated heterocycles. The van der Waals surface area contributed by atoms with Crippen molar-refractivity contribution >= 4 is 45.1 Å². The number of fused-ring (bicyclic) bond motifs is 1. The van der Waals surface area contributed by atoms with Gasteiger partial charge in [0.15, 0.2) is 0 Å². The van der Waals surface area contributed by atoms with Crippen LogP contribution in [0.25, 0.3) is 31.9 Å². The number of hydrogen-bond acceptors (Lipinski definition) is 5. The summed E-state index contributed by atoms with van der Waals surface area (Å²) in [5.41, 5.74) is 6.36. The highest BCUT2D eigenvalue weighted by Gasteiger charge is 2.15. The van der Waals surface area contributed by atoms with Crippen LogP contribution in [0.5, 0.6) is 0 Å². The zero-order chi connectivity index (χ0) is 27.5. The van der Waals surface area contributed by atoms with Crippen molar-refractivity contribution in [2.45, 2.75) is 13.8 Å². The Hall–Kier alpha value is -4.61. The van der Waals surface area contributed by atoms with Crippen LogP contribution in [0, 0.1) is 0 Å². The molecule has 198 valence electrons. The van der Waals surface area contributed by atoms with E-state index in [2.05, 4.69) is 109 Å². The number of nitrogens with zero attached hydrogens (tertiary/aromatic N) is 2. The third-order valence-corrected chi connectivity index (χ3v) is 8.33. The lowest BCUT2D eigenvalue weighted by Crippen LogP contribution is -2.21. The van der Waals surface area contributed by atoms with Crippen molar-refractivity contribution < 1.29 is 4.42 Å². The number of benzene rings is 4. The van der Waals surface area contributed by atoms with Crippen LogP contribution in [0.4, 0.5) is 22.7 Å². The average molecular weight is 543 g/mol. The standard InChI is InChI=1S/C35H30N2O2S/c1-3-36(4-2)30-20-17-26-23-31(35(38)39-32(26)24-30)34-22-21-33(40-34)25-15-18-29(19-16-25)37(27-11-7-5-8-12-27)28-13-9-6-10-14-28/h5-24H,3-4H2,1-2H3. The van der Waals surface area contributed by atoms with Gasteiger partial charge in [-0.25, -0.2) is 4.79 Å². The average Bonchev–Trinajstić information content (AvgIpc) is 3.49. The molecule has 0 unspecified atom stereocenters. The van der Waals surface area contributed by atoms with Crippen molar-refractivity contribution in [1.82, 2.24) is 0 Å². The molecule has 0 aliphatic heterocycles. The van der Waals surface area contributed by atoms with E-state index in [1.165, 1.54) is 0 Å². The monoisotopic (exact) mass is 542 g/mol.